The molecule has 0 amide bonds. The van der Waals surface area contributed by atoms with Crippen molar-refractivity contribution in [2.45, 2.75) is 20.8 Å². The highest BCUT2D eigenvalue weighted by atomic mass is 19.2. The predicted octanol–water partition coefficient (Wildman–Crippen LogP) is 4.53. The third-order valence-corrected chi connectivity index (χ3v) is 3.21. The Hall–Kier alpha value is -2.44. The van der Waals surface area contributed by atoms with Crippen LogP contribution in [0.3, 0.4) is 0 Å². The summed E-state index contributed by atoms with van der Waals surface area (Å²) in [5.74, 6) is -12.8. The van der Waals surface area contributed by atoms with Crippen molar-refractivity contribution < 1.29 is 31.5 Å². The van der Waals surface area contributed by atoms with Crippen LogP contribution in [0, 0.1) is 49.9 Å². The summed E-state index contributed by atoms with van der Waals surface area (Å²) >= 11 is 0. The van der Waals surface area contributed by atoms with E-state index < -0.39 is 40.6 Å². The Labute approximate surface area is 128 Å². The quantitative estimate of drug-likeness (QED) is 0.266. The number of aryl methyl sites for hydroxylation is 3. The van der Waals surface area contributed by atoms with E-state index in [0.29, 0.717) is 11.1 Å². The molecular weight excluding hydrogens is 319 g/mol. The summed E-state index contributed by atoms with van der Waals surface area (Å²) in [6.07, 6.45) is 0. The number of ether oxygens (including phenoxy) is 1. The van der Waals surface area contributed by atoms with Crippen LogP contribution in [0.2, 0.25) is 0 Å². The van der Waals surface area contributed by atoms with Crippen LogP contribution in [0.25, 0.3) is 0 Å². The lowest BCUT2D eigenvalue weighted by molar-refractivity contribution is 0.0718. The lowest BCUT2D eigenvalue weighted by atomic mass is 10.1. The van der Waals surface area contributed by atoms with Crippen LogP contribution in [-0.2, 0) is 0 Å². The summed E-state index contributed by atoms with van der Waals surface area (Å²) in [4.78, 5) is 11.9. The highest BCUT2D eigenvalue weighted by molar-refractivity contribution is 5.92. The van der Waals surface area contributed by atoms with E-state index in [9.17, 15) is 26.7 Å². The zero-order chi connectivity index (χ0) is 17.5. The van der Waals surface area contributed by atoms with Crippen molar-refractivity contribution in [2.24, 2.45) is 0 Å². The first-order valence-electron chi connectivity index (χ1n) is 6.46. The largest absolute Gasteiger partial charge is 0.422 e. The van der Waals surface area contributed by atoms with Gasteiger partial charge in [0, 0.05) is 0 Å². The van der Waals surface area contributed by atoms with Crippen molar-refractivity contribution in [2.75, 3.05) is 0 Å². The lowest BCUT2D eigenvalue weighted by Crippen LogP contribution is -2.18. The van der Waals surface area contributed by atoms with Gasteiger partial charge in [-0.05, 0) is 31.9 Å². The van der Waals surface area contributed by atoms with Crippen molar-refractivity contribution in [1.29, 1.82) is 0 Å². The van der Waals surface area contributed by atoms with Crippen LogP contribution < -0.4 is 4.74 Å². The summed E-state index contributed by atoms with van der Waals surface area (Å²) < 4.78 is 71.3. The zero-order valence-electron chi connectivity index (χ0n) is 12.4. The number of benzene rings is 2. The van der Waals surface area contributed by atoms with Crippen LogP contribution in [0.4, 0.5) is 22.0 Å². The van der Waals surface area contributed by atoms with Gasteiger partial charge < -0.3 is 4.74 Å². The van der Waals surface area contributed by atoms with E-state index in [1.54, 1.807) is 32.9 Å². The van der Waals surface area contributed by atoms with E-state index in [0.717, 1.165) is 5.56 Å². The average molecular weight is 330 g/mol. The molecule has 122 valence electrons. The van der Waals surface area contributed by atoms with Gasteiger partial charge in [0.05, 0.1) is 0 Å². The normalized spacial score (nSPS) is 10.8. The summed E-state index contributed by atoms with van der Waals surface area (Å²) in [6, 6.07) is 3.29. The third-order valence-electron chi connectivity index (χ3n) is 3.21. The Morgan fingerprint density at radius 1 is 0.783 bits per heavy atom. The maximum Gasteiger partial charge on any atom is 0.349 e. The lowest BCUT2D eigenvalue weighted by Gasteiger charge is -2.13. The van der Waals surface area contributed by atoms with Gasteiger partial charge in [-0.15, -0.1) is 0 Å². The zero-order valence-corrected chi connectivity index (χ0v) is 12.4. The van der Waals surface area contributed by atoms with E-state index in [1.165, 1.54) is 0 Å². The molecule has 2 rings (SSSR count). The van der Waals surface area contributed by atoms with Gasteiger partial charge in [-0.3, -0.25) is 0 Å². The Balaban J connectivity index is 2.52. The summed E-state index contributed by atoms with van der Waals surface area (Å²) in [5.41, 5.74) is 0.205. The molecule has 0 fully saturated rings. The maximum absolute atomic E-state index is 13.6. The van der Waals surface area contributed by atoms with E-state index in [-0.39, 0.29) is 5.75 Å². The molecule has 0 atom stereocenters. The topological polar surface area (TPSA) is 26.3 Å². The molecule has 0 N–H and O–H groups in total. The first kappa shape index (κ1) is 16.9. The molecule has 0 bridgehead atoms. The second-order valence-corrected chi connectivity index (χ2v) is 5.06. The van der Waals surface area contributed by atoms with Gasteiger partial charge in [-0.2, -0.15) is 0 Å². The molecule has 0 saturated heterocycles. The molecule has 0 radical (unpaired) electrons. The molecule has 2 nitrogen and oxygen atoms in total. The molecule has 0 aliphatic heterocycles. The minimum absolute atomic E-state index is 0.00420. The standard InChI is InChI=1S/C16H11F5O2/c1-6-4-7(2)15(8(3)5-6)23-16(22)9-10(17)12(19)14(21)13(20)11(9)18/h4-5H,1-3H3. The molecule has 2 aromatic carbocycles. The molecule has 0 aromatic heterocycles. The fourth-order valence-electron chi connectivity index (χ4n) is 2.26. The van der Waals surface area contributed by atoms with E-state index in [4.69, 9.17) is 4.74 Å². The number of esters is 1. The highest BCUT2D eigenvalue weighted by Crippen LogP contribution is 2.28. The fraction of sp³-hybridized carbons (Fsp3) is 0.188. The van der Waals surface area contributed by atoms with Crippen molar-refractivity contribution in [3.05, 3.63) is 63.5 Å². The van der Waals surface area contributed by atoms with Crippen LogP contribution in [0.5, 0.6) is 5.75 Å². The van der Waals surface area contributed by atoms with Gasteiger partial charge in [0.2, 0.25) is 5.82 Å². The van der Waals surface area contributed by atoms with E-state index in [2.05, 4.69) is 0 Å². The summed E-state index contributed by atoms with van der Waals surface area (Å²) in [7, 11) is 0. The average Bonchev–Trinajstić information content (AvgIpc) is 2.47. The van der Waals surface area contributed by atoms with Crippen LogP contribution in [-0.4, -0.2) is 5.97 Å². The second-order valence-electron chi connectivity index (χ2n) is 5.06. The number of hydrogen-bond donors (Lipinski definition) is 0. The van der Waals surface area contributed by atoms with Crippen molar-refractivity contribution >= 4 is 5.97 Å². The molecule has 2 aromatic rings. The van der Waals surface area contributed by atoms with E-state index >= 15 is 0 Å². The van der Waals surface area contributed by atoms with Crippen LogP contribution >= 0.6 is 0 Å². The summed E-state index contributed by atoms with van der Waals surface area (Å²) in [5, 5.41) is 0. The Kier molecular flexibility index (Phi) is 4.40. The SMILES string of the molecule is Cc1cc(C)c(OC(=O)c2c(F)c(F)c(F)c(F)c2F)c(C)c1. The molecule has 0 saturated carbocycles. The van der Waals surface area contributed by atoms with E-state index in [1.807, 2.05) is 0 Å². The van der Waals surface area contributed by atoms with Gasteiger partial charge in [0.1, 0.15) is 11.3 Å². The molecule has 0 spiro atoms. The van der Waals surface area contributed by atoms with Gasteiger partial charge in [-0.1, -0.05) is 17.7 Å². The molecule has 7 heteroatoms. The highest BCUT2D eigenvalue weighted by Gasteiger charge is 2.31. The second kappa shape index (κ2) is 5.98. The number of halogens is 5. The molecule has 0 heterocycles. The van der Waals surface area contributed by atoms with Crippen molar-refractivity contribution in [3.8, 4) is 5.75 Å². The number of hydrogen-bond acceptors (Lipinski definition) is 2. The first-order chi connectivity index (χ1) is 10.6. The van der Waals surface area contributed by atoms with Crippen LogP contribution in [0.15, 0.2) is 12.1 Å². The fourth-order valence-corrected chi connectivity index (χ4v) is 2.26. The number of carbonyl (C=O) groups is 1. The van der Waals surface area contributed by atoms with Gasteiger partial charge in [-0.25, -0.2) is 26.7 Å². The van der Waals surface area contributed by atoms with Crippen molar-refractivity contribution in [3.63, 3.8) is 0 Å². The Morgan fingerprint density at radius 3 is 1.61 bits per heavy atom. The van der Waals surface area contributed by atoms with Gasteiger partial charge >= 0.3 is 5.97 Å². The number of carbonyl (C=O) groups excluding carboxylic acids is 1. The minimum atomic E-state index is -2.33. The van der Waals surface area contributed by atoms with Gasteiger partial charge in [0.25, 0.3) is 0 Å². The van der Waals surface area contributed by atoms with Crippen molar-refractivity contribution in [1.82, 2.24) is 0 Å². The number of rotatable bonds is 2. The van der Waals surface area contributed by atoms with Gasteiger partial charge in [0.15, 0.2) is 23.3 Å². The summed E-state index contributed by atoms with van der Waals surface area (Å²) in [6.45, 7) is 4.96. The molecular formula is C16H11F5O2. The molecule has 0 aliphatic rings. The molecule has 0 unspecified atom stereocenters. The predicted molar refractivity (Wildman–Crippen MR) is 71.8 cm³/mol. The molecule has 0 aliphatic carbocycles. The monoisotopic (exact) mass is 330 g/mol. The molecule has 23 heavy (non-hydrogen) atoms. The Bertz CT molecular complexity index is 763. The minimum Gasteiger partial charge on any atom is -0.422 e. The smallest absolute Gasteiger partial charge is 0.349 e. The van der Waals surface area contributed by atoms with Crippen LogP contribution in [0.1, 0.15) is 27.0 Å². The first-order valence-corrected chi connectivity index (χ1v) is 6.46. The Morgan fingerprint density at radius 2 is 1.17 bits per heavy atom. The third kappa shape index (κ3) is 2.91. The maximum atomic E-state index is 13.6.